The van der Waals surface area contributed by atoms with Gasteiger partial charge in [0, 0.05) is 18.6 Å². The lowest BCUT2D eigenvalue weighted by atomic mass is 9.85. The molecule has 1 aromatic rings. The number of rotatable bonds is 7. The summed E-state index contributed by atoms with van der Waals surface area (Å²) in [7, 11) is -3.79. The molecule has 0 aromatic heterocycles. The van der Waals surface area contributed by atoms with E-state index in [0.29, 0.717) is 26.4 Å². The lowest BCUT2D eigenvalue weighted by molar-refractivity contribution is 0.165. The zero-order chi connectivity index (χ0) is 18.6. The van der Waals surface area contributed by atoms with Gasteiger partial charge in [0.2, 0.25) is 10.0 Å². The van der Waals surface area contributed by atoms with Crippen LogP contribution in [0.1, 0.15) is 32.1 Å². The van der Waals surface area contributed by atoms with Crippen molar-refractivity contribution in [2.75, 3.05) is 26.4 Å². The minimum absolute atomic E-state index is 0. The van der Waals surface area contributed by atoms with E-state index in [-0.39, 0.29) is 40.9 Å². The molecular formula is C18H28ClFN2O4S. The van der Waals surface area contributed by atoms with Crippen molar-refractivity contribution in [2.24, 2.45) is 17.6 Å². The second-order valence-corrected chi connectivity index (χ2v) is 8.85. The molecule has 2 aliphatic rings. The molecule has 1 aliphatic carbocycles. The lowest BCUT2D eigenvalue weighted by Gasteiger charge is -2.31. The molecule has 1 aliphatic heterocycles. The van der Waals surface area contributed by atoms with Crippen molar-refractivity contribution < 1.29 is 22.3 Å². The van der Waals surface area contributed by atoms with Crippen molar-refractivity contribution in [1.29, 1.82) is 0 Å². The van der Waals surface area contributed by atoms with Crippen LogP contribution in [0, 0.1) is 17.7 Å². The van der Waals surface area contributed by atoms with Crippen LogP contribution in [0.25, 0.3) is 0 Å². The normalized spacial score (nSPS) is 25.8. The van der Waals surface area contributed by atoms with E-state index >= 15 is 0 Å². The largest absolute Gasteiger partial charge is 0.490 e. The Balaban J connectivity index is 0.00000261. The molecule has 3 unspecified atom stereocenters. The van der Waals surface area contributed by atoms with Gasteiger partial charge in [-0.25, -0.2) is 17.5 Å². The molecule has 0 radical (unpaired) electrons. The average molecular weight is 423 g/mol. The summed E-state index contributed by atoms with van der Waals surface area (Å²) in [6, 6.07) is 3.58. The van der Waals surface area contributed by atoms with Crippen molar-refractivity contribution >= 4 is 22.4 Å². The Hall–Kier alpha value is -0.930. The maximum Gasteiger partial charge on any atom is 0.240 e. The van der Waals surface area contributed by atoms with Crippen molar-refractivity contribution in [3.63, 3.8) is 0 Å². The van der Waals surface area contributed by atoms with Crippen LogP contribution < -0.4 is 15.2 Å². The predicted molar refractivity (Wildman–Crippen MR) is 103 cm³/mol. The molecule has 1 heterocycles. The first-order chi connectivity index (χ1) is 12.5. The summed E-state index contributed by atoms with van der Waals surface area (Å²) in [6.07, 6.45) is 4.59. The second-order valence-electron chi connectivity index (χ2n) is 7.14. The molecule has 0 amide bonds. The van der Waals surface area contributed by atoms with Crippen LogP contribution in [0.5, 0.6) is 5.75 Å². The van der Waals surface area contributed by atoms with Crippen LogP contribution in [0.4, 0.5) is 4.39 Å². The maximum absolute atomic E-state index is 14.3. The summed E-state index contributed by atoms with van der Waals surface area (Å²) < 4.78 is 53.0. The van der Waals surface area contributed by atoms with Gasteiger partial charge in [-0.3, -0.25) is 0 Å². The number of halogens is 2. The summed E-state index contributed by atoms with van der Waals surface area (Å²) in [4.78, 5) is -0.0899. The van der Waals surface area contributed by atoms with Gasteiger partial charge in [-0.05, 0) is 49.9 Å². The molecule has 0 bridgehead atoms. The molecule has 3 atom stereocenters. The topological polar surface area (TPSA) is 90.7 Å². The third kappa shape index (κ3) is 5.77. The van der Waals surface area contributed by atoms with Gasteiger partial charge in [0.25, 0.3) is 0 Å². The van der Waals surface area contributed by atoms with E-state index in [1.807, 2.05) is 0 Å². The standard InChI is InChI=1S/C18H27FN2O4S.ClH/c19-16-9-15(5-6-18(16)25-12-13-7-8-24-11-13)26(22,23)21-17-4-2-1-3-14(17)10-20;/h5-6,9,13-14,17,21H,1-4,7-8,10-12,20H2;1H. The third-order valence-corrected chi connectivity index (χ3v) is 6.72. The summed E-state index contributed by atoms with van der Waals surface area (Å²) >= 11 is 0. The first-order valence-corrected chi connectivity index (χ1v) is 10.7. The third-order valence-electron chi connectivity index (χ3n) is 5.23. The summed E-state index contributed by atoms with van der Waals surface area (Å²) in [5, 5.41) is 0. The van der Waals surface area contributed by atoms with E-state index in [0.717, 1.165) is 38.2 Å². The van der Waals surface area contributed by atoms with Crippen molar-refractivity contribution in [2.45, 2.75) is 43.0 Å². The zero-order valence-electron chi connectivity index (χ0n) is 15.2. The molecule has 3 N–H and O–H groups in total. The Labute approximate surface area is 166 Å². The van der Waals surface area contributed by atoms with E-state index in [1.54, 1.807) is 0 Å². The number of nitrogens with two attached hydrogens (primary N) is 1. The number of hydrogen-bond donors (Lipinski definition) is 2. The Morgan fingerprint density at radius 2 is 2.04 bits per heavy atom. The Morgan fingerprint density at radius 3 is 2.70 bits per heavy atom. The van der Waals surface area contributed by atoms with Gasteiger partial charge in [-0.15, -0.1) is 12.4 Å². The van der Waals surface area contributed by atoms with E-state index < -0.39 is 15.8 Å². The molecule has 27 heavy (non-hydrogen) atoms. The van der Waals surface area contributed by atoms with Gasteiger partial charge < -0.3 is 15.2 Å². The maximum atomic E-state index is 14.3. The van der Waals surface area contributed by atoms with Gasteiger partial charge in [-0.1, -0.05) is 12.8 Å². The fourth-order valence-corrected chi connectivity index (χ4v) is 4.95. The van der Waals surface area contributed by atoms with Crippen molar-refractivity contribution in [3.8, 4) is 5.75 Å². The highest BCUT2D eigenvalue weighted by atomic mass is 35.5. The predicted octanol–water partition coefficient (Wildman–Crippen LogP) is 2.46. The molecule has 2 fully saturated rings. The van der Waals surface area contributed by atoms with Gasteiger partial charge in [0.15, 0.2) is 11.6 Å². The molecule has 1 saturated heterocycles. The number of nitrogens with one attached hydrogen (secondary N) is 1. The Bertz CT molecular complexity index is 713. The van der Waals surface area contributed by atoms with Crippen LogP contribution >= 0.6 is 12.4 Å². The SMILES string of the molecule is Cl.NCC1CCCCC1NS(=O)(=O)c1ccc(OCC2CCOC2)c(F)c1. The minimum Gasteiger partial charge on any atom is -0.490 e. The van der Waals surface area contributed by atoms with Crippen molar-refractivity contribution in [1.82, 2.24) is 4.72 Å². The van der Waals surface area contributed by atoms with Crippen LogP contribution in [0.15, 0.2) is 23.1 Å². The zero-order valence-corrected chi connectivity index (χ0v) is 16.9. The first-order valence-electron chi connectivity index (χ1n) is 9.22. The molecule has 1 saturated carbocycles. The first kappa shape index (κ1) is 22.4. The average Bonchev–Trinajstić information content (AvgIpc) is 3.14. The molecule has 3 rings (SSSR count). The molecule has 1 aromatic carbocycles. The van der Waals surface area contributed by atoms with Gasteiger partial charge in [0.1, 0.15) is 0 Å². The van der Waals surface area contributed by atoms with Crippen LogP contribution in [-0.4, -0.2) is 40.8 Å². The van der Waals surface area contributed by atoms with Gasteiger partial charge in [0.05, 0.1) is 18.1 Å². The summed E-state index contributed by atoms with van der Waals surface area (Å²) in [6.45, 7) is 2.12. The van der Waals surface area contributed by atoms with E-state index in [2.05, 4.69) is 4.72 Å². The second kappa shape index (κ2) is 10.0. The highest BCUT2D eigenvalue weighted by Crippen LogP contribution is 2.27. The minimum atomic E-state index is -3.79. The molecule has 9 heteroatoms. The fraction of sp³-hybridized carbons (Fsp3) is 0.667. The van der Waals surface area contributed by atoms with Gasteiger partial charge >= 0.3 is 0 Å². The number of hydrogen-bond acceptors (Lipinski definition) is 5. The van der Waals surface area contributed by atoms with Gasteiger partial charge in [-0.2, -0.15) is 0 Å². The number of benzene rings is 1. The fourth-order valence-electron chi connectivity index (χ4n) is 3.60. The summed E-state index contributed by atoms with van der Waals surface area (Å²) in [5.41, 5.74) is 5.76. The highest BCUT2D eigenvalue weighted by molar-refractivity contribution is 7.89. The molecule has 6 nitrogen and oxygen atoms in total. The highest BCUT2D eigenvalue weighted by Gasteiger charge is 2.29. The van der Waals surface area contributed by atoms with E-state index in [4.69, 9.17) is 15.2 Å². The smallest absolute Gasteiger partial charge is 0.240 e. The molecule has 154 valence electrons. The van der Waals surface area contributed by atoms with E-state index in [9.17, 15) is 12.8 Å². The monoisotopic (exact) mass is 422 g/mol. The van der Waals surface area contributed by atoms with E-state index in [1.165, 1.54) is 12.1 Å². The Kier molecular flexibility index (Phi) is 8.30. The number of ether oxygens (including phenoxy) is 2. The van der Waals surface area contributed by atoms with Crippen LogP contribution in [-0.2, 0) is 14.8 Å². The van der Waals surface area contributed by atoms with Crippen LogP contribution in [0.3, 0.4) is 0 Å². The quantitative estimate of drug-likeness (QED) is 0.704. The molecular weight excluding hydrogens is 395 g/mol. The summed E-state index contributed by atoms with van der Waals surface area (Å²) in [5.74, 6) is -0.238. The van der Waals surface area contributed by atoms with Crippen molar-refractivity contribution in [3.05, 3.63) is 24.0 Å². The van der Waals surface area contributed by atoms with Crippen LogP contribution in [0.2, 0.25) is 0 Å². The Morgan fingerprint density at radius 1 is 1.26 bits per heavy atom. The molecule has 0 spiro atoms. The lowest BCUT2D eigenvalue weighted by Crippen LogP contribution is -2.44. The number of sulfonamides is 1.